The standard InChI is InChI=1S/C28H46O2/c1-18(2)7-6-8-19(3)23-11-12-24-22-10-9-21-15-26(30)20(17-29)16-28(21,5)25(22)13-14-27(23,24)4/h17-19,21-25,29H,6-16H2,1-5H3. The molecule has 0 spiro atoms. The summed E-state index contributed by atoms with van der Waals surface area (Å²) in [5.74, 6) is 5.79. The van der Waals surface area contributed by atoms with Crippen molar-refractivity contribution in [1.29, 1.82) is 0 Å². The van der Waals surface area contributed by atoms with Gasteiger partial charge in [-0.1, -0.05) is 53.9 Å². The molecule has 170 valence electrons. The minimum atomic E-state index is 0.204. The first-order valence-electron chi connectivity index (χ1n) is 13.1. The number of Topliss-reactive ketones (excluding diaryl/α,β-unsaturated/α-hetero) is 1. The number of carbonyl (C=O) groups excluding carboxylic acids is 1. The highest BCUT2D eigenvalue weighted by Crippen LogP contribution is 2.68. The van der Waals surface area contributed by atoms with Gasteiger partial charge in [0.05, 0.1) is 6.26 Å². The fraction of sp³-hybridized carbons (Fsp3) is 0.893. The van der Waals surface area contributed by atoms with Gasteiger partial charge in [0.25, 0.3) is 0 Å². The Morgan fingerprint density at radius 1 is 1.00 bits per heavy atom. The van der Waals surface area contributed by atoms with E-state index in [0.29, 0.717) is 23.3 Å². The van der Waals surface area contributed by atoms with E-state index in [-0.39, 0.29) is 11.2 Å². The van der Waals surface area contributed by atoms with E-state index >= 15 is 0 Å². The molecule has 4 fully saturated rings. The molecule has 0 heterocycles. The third-order valence-corrected chi connectivity index (χ3v) is 10.8. The molecule has 0 aromatic rings. The summed E-state index contributed by atoms with van der Waals surface area (Å²) < 4.78 is 0. The molecule has 4 rings (SSSR count). The predicted molar refractivity (Wildman–Crippen MR) is 124 cm³/mol. The Kier molecular flexibility index (Phi) is 6.19. The SMILES string of the molecule is CC(C)CCCC(C)C1CCC2C3CCC4CC(=O)C(=CO)CC4(C)C3CCC12C. The van der Waals surface area contributed by atoms with Crippen LogP contribution in [-0.4, -0.2) is 10.9 Å². The molecule has 0 aliphatic heterocycles. The van der Waals surface area contributed by atoms with Gasteiger partial charge >= 0.3 is 0 Å². The summed E-state index contributed by atoms with van der Waals surface area (Å²) in [4.78, 5) is 12.4. The van der Waals surface area contributed by atoms with Crippen LogP contribution in [0.4, 0.5) is 0 Å². The largest absolute Gasteiger partial charge is 0.515 e. The van der Waals surface area contributed by atoms with Gasteiger partial charge in [0, 0.05) is 12.0 Å². The van der Waals surface area contributed by atoms with Crippen molar-refractivity contribution in [2.75, 3.05) is 0 Å². The van der Waals surface area contributed by atoms with Gasteiger partial charge in [-0.2, -0.15) is 0 Å². The fourth-order valence-electron chi connectivity index (χ4n) is 9.15. The van der Waals surface area contributed by atoms with E-state index in [2.05, 4.69) is 34.6 Å². The second-order valence-electron chi connectivity index (χ2n) is 12.6. The first kappa shape index (κ1) is 22.4. The number of aliphatic hydroxyl groups is 1. The molecular weight excluding hydrogens is 368 g/mol. The maximum Gasteiger partial charge on any atom is 0.162 e. The minimum absolute atomic E-state index is 0.204. The second-order valence-corrected chi connectivity index (χ2v) is 12.6. The van der Waals surface area contributed by atoms with Gasteiger partial charge in [-0.05, 0) is 97.2 Å². The van der Waals surface area contributed by atoms with Crippen molar-refractivity contribution in [3.8, 4) is 0 Å². The molecule has 8 unspecified atom stereocenters. The number of rotatable bonds is 5. The van der Waals surface area contributed by atoms with Gasteiger partial charge < -0.3 is 5.11 Å². The molecule has 0 amide bonds. The maximum atomic E-state index is 12.4. The van der Waals surface area contributed by atoms with E-state index in [1.807, 2.05) is 0 Å². The van der Waals surface area contributed by atoms with Crippen LogP contribution in [0, 0.1) is 52.3 Å². The van der Waals surface area contributed by atoms with E-state index in [1.165, 1.54) is 57.8 Å². The van der Waals surface area contributed by atoms with Crippen LogP contribution in [0.5, 0.6) is 0 Å². The van der Waals surface area contributed by atoms with Crippen LogP contribution in [0.1, 0.15) is 105 Å². The van der Waals surface area contributed by atoms with Crippen molar-refractivity contribution in [2.24, 2.45) is 52.3 Å². The second kappa shape index (κ2) is 8.28. The summed E-state index contributed by atoms with van der Waals surface area (Å²) in [6.45, 7) is 12.4. The lowest BCUT2D eigenvalue weighted by Gasteiger charge is -2.60. The normalized spacial score (nSPS) is 45.9. The molecule has 0 aromatic heterocycles. The Morgan fingerprint density at radius 3 is 2.43 bits per heavy atom. The zero-order chi connectivity index (χ0) is 21.7. The number of carbonyl (C=O) groups is 1. The molecule has 30 heavy (non-hydrogen) atoms. The van der Waals surface area contributed by atoms with Crippen molar-refractivity contribution in [3.05, 3.63) is 11.8 Å². The molecule has 2 heteroatoms. The smallest absolute Gasteiger partial charge is 0.162 e. The first-order chi connectivity index (χ1) is 14.2. The van der Waals surface area contributed by atoms with Gasteiger partial charge in [0.2, 0.25) is 0 Å². The van der Waals surface area contributed by atoms with Crippen molar-refractivity contribution in [1.82, 2.24) is 0 Å². The molecular formula is C28H46O2. The van der Waals surface area contributed by atoms with Gasteiger partial charge in [0.1, 0.15) is 0 Å². The van der Waals surface area contributed by atoms with Crippen molar-refractivity contribution >= 4 is 5.78 Å². The Labute approximate surface area is 185 Å². The van der Waals surface area contributed by atoms with Gasteiger partial charge in [-0.3, -0.25) is 4.79 Å². The zero-order valence-electron chi connectivity index (χ0n) is 20.3. The monoisotopic (exact) mass is 414 g/mol. The van der Waals surface area contributed by atoms with Crippen LogP contribution in [0.15, 0.2) is 11.8 Å². The van der Waals surface area contributed by atoms with Crippen LogP contribution < -0.4 is 0 Å². The lowest BCUT2D eigenvalue weighted by molar-refractivity contribution is -0.133. The molecule has 0 aromatic carbocycles. The van der Waals surface area contributed by atoms with E-state index < -0.39 is 0 Å². The van der Waals surface area contributed by atoms with E-state index in [1.54, 1.807) is 0 Å². The molecule has 4 aliphatic carbocycles. The summed E-state index contributed by atoms with van der Waals surface area (Å²) in [7, 11) is 0. The van der Waals surface area contributed by atoms with Crippen molar-refractivity contribution in [2.45, 2.75) is 105 Å². The molecule has 1 N–H and O–H groups in total. The van der Waals surface area contributed by atoms with Crippen LogP contribution in [0.3, 0.4) is 0 Å². The molecule has 0 saturated heterocycles. The summed E-state index contributed by atoms with van der Waals surface area (Å²) in [5.41, 5.74) is 1.45. The molecule has 2 nitrogen and oxygen atoms in total. The molecule has 4 saturated carbocycles. The molecule has 8 atom stereocenters. The number of hydrogen-bond acceptors (Lipinski definition) is 2. The summed E-state index contributed by atoms with van der Waals surface area (Å²) >= 11 is 0. The number of fused-ring (bicyclic) bond motifs is 5. The van der Waals surface area contributed by atoms with Crippen LogP contribution in [0.25, 0.3) is 0 Å². The molecule has 0 bridgehead atoms. The molecule has 0 radical (unpaired) electrons. The summed E-state index contributed by atoms with van der Waals surface area (Å²) in [6, 6.07) is 0. The van der Waals surface area contributed by atoms with Gasteiger partial charge in [-0.15, -0.1) is 0 Å². The Balaban J connectivity index is 1.50. The highest BCUT2D eigenvalue weighted by Gasteiger charge is 2.61. The Morgan fingerprint density at radius 2 is 1.73 bits per heavy atom. The number of aliphatic hydroxyl groups excluding tert-OH is 1. The van der Waals surface area contributed by atoms with Crippen LogP contribution in [0.2, 0.25) is 0 Å². The van der Waals surface area contributed by atoms with Gasteiger partial charge in [0.15, 0.2) is 5.78 Å². The number of ketones is 1. The number of hydrogen-bond donors (Lipinski definition) is 1. The van der Waals surface area contributed by atoms with Crippen LogP contribution >= 0.6 is 0 Å². The van der Waals surface area contributed by atoms with Crippen molar-refractivity contribution < 1.29 is 9.90 Å². The third-order valence-electron chi connectivity index (χ3n) is 10.8. The quantitative estimate of drug-likeness (QED) is 0.369. The highest BCUT2D eigenvalue weighted by atomic mass is 16.2. The topological polar surface area (TPSA) is 37.3 Å². The average Bonchev–Trinajstić information content (AvgIpc) is 3.05. The minimum Gasteiger partial charge on any atom is -0.515 e. The average molecular weight is 415 g/mol. The maximum absolute atomic E-state index is 12.4. The van der Waals surface area contributed by atoms with Gasteiger partial charge in [-0.25, -0.2) is 0 Å². The summed E-state index contributed by atoms with van der Waals surface area (Å²) in [5, 5.41) is 9.67. The van der Waals surface area contributed by atoms with E-state index in [0.717, 1.165) is 48.2 Å². The Bertz CT molecular complexity index is 678. The lowest BCUT2D eigenvalue weighted by Crippen LogP contribution is -2.54. The van der Waals surface area contributed by atoms with E-state index in [4.69, 9.17) is 0 Å². The predicted octanol–water partition coefficient (Wildman–Crippen LogP) is 7.73. The molecule has 4 aliphatic rings. The highest BCUT2D eigenvalue weighted by molar-refractivity contribution is 5.96. The Hall–Kier alpha value is -0.790. The summed E-state index contributed by atoms with van der Waals surface area (Å²) in [6.07, 6.45) is 14.9. The first-order valence-corrected chi connectivity index (χ1v) is 13.1. The van der Waals surface area contributed by atoms with E-state index in [9.17, 15) is 9.90 Å². The van der Waals surface area contributed by atoms with Crippen molar-refractivity contribution in [3.63, 3.8) is 0 Å². The third kappa shape index (κ3) is 3.58. The number of allylic oxidation sites excluding steroid dienone is 1. The zero-order valence-corrected chi connectivity index (χ0v) is 20.3. The lowest BCUT2D eigenvalue weighted by atomic mass is 9.44. The van der Waals surface area contributed by atoms with Crippen LogP contribution in [-0.2, 0) is 4.79 Å². The fourth-order valence-corrected chi connectivity index (χ4v) is 9.15.